The number of alkyl halides is 3. The van der Waals surface area contributed by atoms with Crippen LogP contribution in [0.1, 0.15) is 48.9 Å². The van der Waals surface area contributed by atoms with E-state index in [-0.39, 0.29) is 23.0 Å². The quantitative estimate of drug-likeness (QED) is 0.667. The van der Waals surface area contributed by atoms with Crippen LogP contribution in [-0.2, 0) is 0 Å². The maximum atomic E-state index is 12.9. The molecule has 1 atom stereocenters. The summed E-state index contributed by atoms with van der Waals surface area (Å²) in [6.45, 7) is 5.27. The number of ether oxygens (including phenoxy) is 1. The lowest BCUT2D eigenvalue weighted by Gasteiger charge is -2.17. The van der Waals surface area contributed by atoms with Gasteiger partial charge in [0.05, 0.1) is 17.5 Å². The smallest absolute Gasteiger partial charge is 0.406 e. The van der Waals surface area contributed by atoms with Crippen molar-refractivity contribution in [2.45, 2.75) is 39.2 Å². The molecule has 0 radical (unpaired) electrons. The van der Waals surface area contributed by atoms with Gasteiger partial charge in [-0.1, -0.05) is 30.3 Å². The maximum absolute atomic E-state index is 12.9. The highest BCUT2D eigenvalue weighted by Crippen LogP contribution is 2.24. The lowest BCUT2D eigenvalue weighted by molar-refractivity contribution is -0.274. The number of hydrogen-bond acceptors (Lipinski definition) is 4. The van der Waals surface area contributed by atoms with Gasteiger partial charge in [-0.15, -0.1) is 13.2 Å². The van der Waals surface area contributed by atoms with Gasteiger partial charge in [0.15, 0.2) is 5.69 Å². The van der Waals surface area contributed by atoms with Crippen molar-refractivity contribution < 1.29 is 22.7 Å². The highest BCUT2D eigenvalue weighted by atomic mass is 19.4. The Morgan fingerprint density at radius 2 is 1.63 bits per heavy atom. The van der Waals surface area contributed by atoms with Crippen LogP contribution in [-0.4, -0.2) is 22.1 Å². The summed E-state index contributed by atoms with van der Waals surface area (Å²) in [5, 5.41) is 7.84. The largest absolute Gasteiger partial charge is 0.573 e. The maximum Gasteiger partial charge on any atom is 0.573 e. The lowest BCUT2D eigenvalue weighted by Crippen LogP contribution is -2.32. The molecule has 0 fully saturated rings. The van der Waals surface area contributed by atoms with Gasteiger partial charge >= 0.3 is 6.36 Å². The van der Waals surface area contributed by atoms with Crippen LogP contribution in [0.5, 0.6) is 5.75 Å². The first kappa shape index (κ1) is 21.4. The summed E-state index contributed by atoms with van der Waals surface area (Å²) < 4.78 is 42.0. The average molecular weight is 419 g/mol. The Balaban J connectivity index is 1.88. The Hall–Kier alpha value is -3.36. The number of benzene rings is 2. The highest BCUT2D eigenvalue weighted by Gasteiger charge is 2.31. The van der Waals surface area contributed by atoms with Crippen LogP contribution in [0.4, 0.5) is 13.2 Å². The van der Waals surface area contributed by atoms with Gasteiger partial charge in [0, 0.05) is 5.39 Å². The summed E-state index contributed by atoms with van der Waals surface area (Å²) in [7, 11) is 0. The van der Waals surface area contributed by atoms with Gasteiger partial charge in [-0.25, -0.2) is 4.68 Å². The zero-order chi connectivity index (χ0) is 22.1. The number of carbonyl (C=O) groups is 1. The first-order chi connectivity index (χ1) is 14.1. The van der Waals surface area contributed by atoms with Crippen molar-refractivity contribution in [3.63, 3.8) is 0 Å². The molecule has 1 aromatic heterocycles. The number of nitrogens with zero attached hydrogens (tertiary/aromatic N) is 2. The fraction of sp³-hybridized carbons (Fsp3) is 0.286. The molecule has 2 aromatic carbocycles. The molecule has 0 aliphatic heterocycles. The van der Waals surface area contributed by atoms with Crippen LogP contribution < -0.4 is 15.6 Å². The molecule has 3 rings (SSSR count). The van der Waals surface area contributed by atoms with Crippen LogP contribution in [0, 0.1) is 0 Å². The minimum absolute atomic E-state index is 0.0998. The third-order valence-electron chi connectivity index (χ3n) is 4.49. The van der Waals surface area contributed by atoms with Crippen LogP contribution in [0.25, 0.3) is 10.8 Å². The van der Waals surface area contributed by atoms with Gasteiger partial charge in [-0.05, 0) is 44.5 Å². The number of halogens is 3. The number of amides is 1. The Bertz CT molecular complexity index is 1120. The van der Waals surface area contributed by atoms with Gasteiger partial charge < -0.3 is 10.1 Å². The third kappa shape index (κ3) is 4.61. The van der Waals surface area contributed by atoms with Crippen LogP contribution in [0.3, 0.4) is 0 Å². The van der Waals surface area contributed by atoms with E-state index >= 15 is 0 Å². The summed E-state index contributed by atoms with van der Waals surface area (Å²) in [4.78, 5) is 25.5. The van der Waals surface area contributed by atoms with Gasteiger partial charge in [0.2, 0.25) is 0 Å². The number of aromatic nitrogens is 2. The zero-order valence-electron chi connectivity index (χ0n) is 16.5. The molecule has 6 nitrogen and oxygen atoms in total. The average Bonchev–Trinajstić information content (AvgIpc) is 2.67. The van der Waals surface area contributed by atoms with Crippen molar-refractivity contribution in [1.29, 1.82) is 0 Å². The molecule has 1 N–H and O–H groups in total. The molecule has 1 amide bonds. The molecule has 3 aromatic rings. The molecule has 1 heterocycles. The number of rotatable bonds is 5. The zero-order valence-corrected chi connectivity index (χ0v) is 16.5. The first-order valence-corrected chi connectivity index (χ1v) is 9.25. The second-order valence-electron chi connectivity index (χ2n) is 7.05. The Morgan fingerprint density at radius 1 is 1.03 bits per heavy atom. The van der Waals surface area contributed by atoms with Crippen molar-refractivity contribution in [2.75, 3.05) is 0 Å². The summed E-state index contributed by atoms with van der Waals surface area (Å²) in [5.41, 5.74) is 0.396. The Kier molecular flexibility index (Phi) is 5.82. The molecule has 0 saturated carbocycles. The van der Waals surface area contributed by atoms with E-state index in [0.29, 0.717) is 16.3 Å². The number of hydrogen-bond donors (Lipinski definition) is 1. The normalized spacial score (nSPS) is 12.8. The van der Waals surface area contributed by atoms with Gasteiger partial charge in [0.25, 0.3) is 11.5 Å². The van der Waals surface area contributed by atoms with E-state index in [1.54, 1.807) is 45.0 Å². The standard InChI is InChI=1S/C21H20F3N3O3/c1-12(2)27-20(29)17-7-5-4-6-16(17)18(26-27)19(28)25-13(3)14-8-10-15(11-9-14)30-21(22,23)24/h4-13H,1-3H3,(H,25,28). The lowest BCUT2D eigenvalue weighted by atomic mass is 10.1. The summed E-state index contributed by atoms with van der Waals surface area (Å²) in [6.07, 6.45) is -4.77. The SMILES string of the molecule is CC(NC(=O)c1nn(C(C)C)c(=O)c2ccccc12)c1ccc(OC(F)(F)F)cc1. The molecular weight excluding hydrogens is 399 g/mol. The molecular formula is C21H20F3N3O3. The van der Waals surface area contributed by atoms with E-state index in [1.807, 2.05) is 0 Å². The predicted molar refractivity (Wildman–Crippen MR) is 105 cm³/mol. The number of carbonyl (C=O) groups excluding carboxylic acids is 1. The second-order valence-corrected chi connectivity index (χ2v) is 7.05. The molecule has 0 saturated heterocycles. The highest BCUT2D eigenvalue weighted by molar-refractivity contribution is 6.04. The van der Waals surface area contributed by atoms with E-state index in [2.05, 4.69) is 15.2 Å². The Labute approximate surface area is 170 Å². The molecule has 30 heavy (non-hydrogen) atoms. The molecule has 1 unspecified atom stereocenters. The fourth-order valence-electron chi connectivity index (χ4n) is 3.03. The first-order valence-electron chi connectivity index (χ1n) is 9.25. The molecule has 0 bridgehead atoms. The van der Waals surface area contributed by atoms with E-state index in [4.69, 9.17) is 0 Å². The molecule has 9 heteroatoms. The third-order valence-corrected chi connectivity index (χ3v) is 4.49. The van der Waals surface area contributed by atoms with Crippen molar-refractivity contribution in [3.05, 3.63) is 70.1 Å². The van der Waals surface area contributed by atoms with Gasteiger partial charge in [-0.3, -0.25) is 9.59 Å². The van der Waals surface area contributed by atoms with Crippen molar-refractivity contribution in [1.82, 2.24) is 15.1 Å². The van der Waals surface area contributed by atoms with Crippen molar-refractivity contribution in [3.8, 4) is 5.75 Å². The number of nitrogens with one attached hydrogen (secondary N) is 1. The number of fused-ring (bicyclic) bond motifs is 1. The molecule has 0 aliphatic rings. The van der Waals surface area contributed by atoms with Crippen molar-refractivity contribution in [2.24, 2.45) is 0 Å². The molecule has 0 spiro atoms. The summed E-state index contributed by atoms with van der Waals surface area (Å²) in [6, 6.07) is 11.2. The minimum Gasteiger partial charge on any atom is -0.406 e. The van der Waals surface area contributed by atoms with Gasteiger partial charge in [-0.2, -0.15) is 5.10 Å². The molecule has 0 aliphatic carbocycles. The van der Waals surface area contributed by atoms with Gasteiger partial charge in [0.1, 0.15) is 5.75 Å². The second kappa shape index (κ2) is 8.17. The van der Waals surface area contributed by atoms with Crippen molar-refractivity contribution >= 4 is 16.7 Å². The van der Waals surface area contributed by atoms with Crippen LogP contribution in [0.2, 0.25) is 0 Å². The Morgan fingerprint density at radius 3 is 2.20 bits per heavy atom. The minimum atomic E-state index is -4.77. The van der Waals surface area contributed by atoms with E-state index in [1.165, 1.54) is 28.9 Å². The van der Waals surface area contributed by atoms with Crippen LogP contribution in [0.15, 0.2) is 53.3 Å². The fourth-order valence-corrected chi connectivity index (χ4v) is 3.03. The van der Waals surface area contributed by atoms with E-state index < -0.39 is 18.3 Å². The topological polar surface area (TPSA) is 73.2 Å². The van der Waals surface area contributed by atoms with E-state index in [9.17, 15) is 22.8 Å². The van der Waals surface area contributed by atoms with E-state index in [0.717, 1.165) is 0 Å². The summed E-state index contributed by atoms with van der Waals surface area (Å²) in [5.74, 6) is -0.842. The summed E-state index contributed by atoms with van der Waals surface area (Å²) >= 11 is 0. The molecule has 158 valence electrons. The van der Waals surface area contributed by atoms with Crippen LogP contribution >= 0.6 is 0 Å². The predicted octanol–water partition coefficient (Wildman–Crippen LogP) is 4.37. The monoisotopic (exact) mass is 419 g/mol.